The number of benzene rings is 2. The summed E-state index contributed by atoms with van der Waals surface area (Å²) in [4.78, 5) is 16.6. The number of carbonyl (C=O) groups excluding carboxylic acids is 1. The number of nitrogens with zero attached hydrogens (tertiary/aromatic N) is 3. The Balaban J connectivity index is 1.74. The third kappa shape index (κ3) is 4.00. The Morgan fingerprint density at radius 2 is 1.92 bits per heavy atom. The largest absolute Gasteiger partial charge is 0.497 e. The van der Waals surface area contributed by atoms with Crippen LogP contribution in [0, 0.1) is 0 Å². The summed E-state index contributed by atoms with van der Waals surface area (Å²) in [5.41, 5.74) is 2.51. The van der Waals surface area contributed by atoms with Crippen molar-refractivity contribution in [1.29, 1.82) is 0 Å². The van der Waals surface area contributed by atoms with Gasteiger partial charge >= 0.3 is 0 Å². The Morgan fingerprint density at radius 1 is 1.12 bits per heavy atom. The van der Waals surface area contributed by atoms with Gasteiger partial charge < -0.3 is 14.8 Å². The number of hydrogen-bond donors (Lipinski definition) is 1. The third-order valence-corrected chi connectivity index (χ3v) is 4.01. The van der Waals surface area contributed by atoms with Gasteiger partial charge in [-0.15, -0.1) is 0 Å². The molecule has 0 atom stereocenters. The predicted octanol–water partition coefficient (Wildman–Crippen LogP) is 2.27. The molecule has 0 unspecified atom stereocenters. The Hall–Kier alpha value is -3.35. The van der Waals surface area contributed by atoms with Crippen molar-refractivity contribution >= 4 is 5.91 Å². The first kappa shape index (κ1) is 17.5. The minimum absolute atomic E-state index is 0.226. The summed E-state index contributed by atoms with van der Waals surface area (Å²) in [6, 6.07) is 13.0. The molecule has 7 heteroatoms. The zero-order valence-corrected chi connectivity index (χ0v) is 14.7. The number of amides is 1. The van der Waals surface area contributed by atoms with Gasteiger partial charge in [0.25, 0.3) is 5.91 Å². The van der Waals surface area contributed by atoms with E-state index in [9.17, 15) is 4.79 Å². The van der Waals surface area contributed by atoms with Gasteiger partial charge in [0.2, 0.25) is 0 Å². The van der Waals surface area contributed by atoms with Crippen LogP contribution in [0.3, 0.4) is 0 Å². The first-order chi connectivity index (χ1) is 12.7. The summed E-state index contributed by atoms with van der Waals surface area (Å²) < 4.78 is 12.2. The van der Waals surface area contributed by atoms with E-state index in [1.165, 1.54) is 13.4 Å². The molecule has 0 radical (unpaired) electrons. The topological polar surface area (TPSA) is 78.3 Å². The van der Waals surface area contributed by atoms with E-state index in [-0.39, 0.29) is 5.91 Å². The first-order valence-corrected chi connectivity index (χ1v) is 8.10. The Bertz CT molecular complexity index is 878. The second kappa shape index (κ2) is 8.15. The van der Waals surface area contributed by atoms with Crippen LogP contribution in [0.4, 0.5) is 0 Å². The van der Waals surface area contributed by atoms with Gasteiger partial charge in [0.15, 0.2) is 0 Å². The van der Waals surface area contributed by atoms with Crippen LogP contribution in [0.2, 0.25) is 0 Å². The fourth-order valence-electron chi connectivity index (χ4n) is 2.64. The number of methoxy groups -OCH3 is 2. The van der Waals surface area contributed by atoms with Crippen LogP contribution in [0.15, 0.2) is 55.1 Å². The summed E-state index contributed by atoms with van der Waals surface area (Å²) >= 11 is 0. The molecule has 0 aliphatic rings. The second-order valence-electron chi connectivity index (χ2n) is 5.61. The van der Waals surface area contributed by atoms with E-state index in [0.717, 1.165) is 11.1 Å². The highest BCUT2D eigenvalue weighted by molar-refractivity contribution is 5.97. The van der Waals surface area contributed by atoms with E-state index in [1.54, 1.807) is 36.3 Å². The molecular formula is C19H20N4O3. The lowest BCUT2D eigenvalue weighted by Gasteiger charge is -2.13. The SMILES string of the molecule is COc1ccc(OC)c(C(=O)NCc2ccccc2Cn2cncn2)c1. The molecule has 3 rings (SSSR count). The average Bonchev–Trinajstić information content (AvgIpc) is 3.19. The number of carbonyl (C=O) groups is 1. The molecule has 0 saturated heterocycles. The van der Waals surface area contributed by atoms with Crippen LogP contribution in [-0.2, 0) is 13.1 Å². The smallest absolute Gasteiger partial charge is 0.255 e. The lowest BCUT2D eigenvalue weighted by molar-refractivity contribution is 0.0947. The molecule has 1 heterocycles. The van der Waals surface area contributed by atoms with Crippen LogP contribution in [0.25, 0.3) is 0 Å². The van der Waals surface area contributed by atoms with Crippen molar-refractivity contribution in [2.45, 2.75) is 13.1 Å². The third-order valence-electron chi connectivity index (χ3n) is 4.01. The van der Waals surface area contributed by atoms with Crippen LogP contribution in [-0.4, -0.2) is 34.9 Å². The summed E-state index contributed by atoms with van der Waals surface area (Å²) in [5, 5.41) is 7.07. The molecule has 0 bridgehead atoms. The van der Waals surface area contributed by atoms with Crippen LogP contribution in [0.1, 0.15) is 21.5 Å². The molecule has 7 nitrogen and oxygen atoms in total. The van der Waals surface area contributed by atoms with Gasteiger partial charge in [-0.25, -0.2) is 9.67 Å². The van der Waals surface area contributed by atoms with Crippen LogP contribution < -0.4 is 14.8 Å². The molecule has 0 spiro atoms. The predicted molar refractivity (Wildman–Crippen MR) is 96.3 cm³/mol. The summed E-state index contributed by atoms with van der Waals surface area (Å²) in [7, 11) is 3.09. The lowest BCUT2D eigenvalue weighted by Crippen LogP contribution is -2.24. The zero-order chi connectivity index (χ0) is 18.4. The highest BCUT2D eigenvalue weighted by atomic mass is 16.5. The van der Waals surface area contributed by atoms with Gasteiger partial charge in [-0.05, 0) is 29.3 Å². The molecule has 1 N–H and O–H groups in total. The van der Waals surface area contributed by atoms with Gasteiger partial charge in [0.1, 0.15) is 24.2 Å². The molecule has 2 aromatic carbocycles. The molecule has 0 aliphatic carbocycles. The maximum atomic E-state index is 12.6. The number of hydrogen-bond acceptors (Lipinski definition) is 5. The number of nitrogens with one attached hydrogen (secondary N) is 1. The van der Waals surface area contributed by atoms with E-state index < -0.39 is 0 Å². The molecule has 0 fully saturated rings. The summed E-state index contributed by atoms with van der Waals surface area (Å²) in [6.07, 6.45) is 3.16. The van der Waals surface area contributed by atoms with Crippen molar-refractivity contribution in [2.75, 3.05) is 14.2 Å². The summed E-state index contributed by atoms with van der Waals surface area (Å²) in [6.45, 7) is 0.985. The molecule has 0 saturated carbocycles. The molecule has 26 heavy (non-hydrogen) atoms. The Labute approximate surface area is 151 Å². The van der Waals surface area contributed by atoms with Gasteiger partial charge in [-0.1, -0.05) is 24.3 Å². The van der Waals surface area contributed by atoms with E-state index in [0.29, 0.717) is 30.2 Å². The molecule has 0 aliphatic heterocycles. The molecular weight excluding hydrogens is 332 g/mol. The first-order valence-electron chi connectivity index (χ1n) is 8.10. The van der Waals surface area contributed by atoms with E-state index in [2.05, 4.69) is 15.4 Å². The number of aromatic nitrogens is 3. The molecule has 134 valence electrons. The number of rotatable bonds is 7. The van der Waals surface area contributed by atoms with Crippen LogP contribution >= 0.6 is 0 Å². The van der Waals surface area contributed by atoms with E-state index >= 15 is 0 Å². The normalized spacial score (nSPS) is 10.4. The summed E-state index contributed by atoms with van der Waals surface area (Å²) in [5.74, 6) is 0.873. The van der Waals surface area contributed by atoms with Gasteiger partial charge in [-0.3, -0.25) is 4.79 Å². The fourth-order valence-corrected chi connectivity index (χ4v) is 2.64. The van der Waals surface area contributed by atoms with Crippen LogP contribution in [0.5, 0.6) is 11.5 Å². The quantitative estimate of drug-likeness (QED) is 0.706. The average molecular weight is 352 g/mol. The number of ether oxygens (including phenoxy) is 2. The van der Waals surface area contributed by atoms with Crippen molar-refractivity contribution in [1.82, 2.24) is 20.1 Å². The lowest BCUT2D eigenvalue weighted by atomic mass is 10.1. The van der Waals surface area contributed by atoms with E-state index in [1.807, 2.05) is 24.3 Å². The molecule has 1 aromatic heterocycles. The maximum Gasteiger partial charge on any atom is 0.255 e. The Morgan fingerprint density at radius 3 is 2.62 bits per heavy atom. The Kier molecular flexibility index (Phi) is 5.48. The van der Waals surface area contributed by atoms with Gasteiger partial charge in [0.05, 0.1) is 26.3 Å². The van der Waals surface area contributed by atoms with Crippen molar-refractivity contribution in [2.24, 2.45) is 0 Å². The standard InChI is InChI=1S/C19H20N4O3/c1-25-16-7-8-18(26-2)17(9-16)19(24)21-10-14-5-3-4-6-15(14)11-23-13-20-12-22-23/h3-9,12-13H,10-11H2,1-2H3,(H,21,24). The maximum absolute atomic E-state index is 12.6. The van der Waals surface area contributed by atoms with Gasteiger partial charge in [-0.2, -0.15) is 5.10 Å². The van der Waals surface area contributed by atoms with Crippen molar-refractivity contribution in [3.05, 3.63) is 71.8 Å². The second-order valence-corrected chi connectivity index (χ2v) is 5.61. The van der Waals surface area contributed by atoms with Crippen molar-refractivity contribution in [3.63, 3.8) is 0 Å². The minimum Gasteiger partial charge on any atom is -0.497 e. The highest BCUT2D eigenvalue weighted by Crippen LogP contribution is 2.24. The van der Waals surface area contributed by atoms with Crippen molar-refractivity contribution in [3.8, 4) is 11.5 Å². The highest BCUT2D eigenvalue weighted by Gasteiger charge is 2.14. The van der Waals surface area contributed by atoms with Crippen molar-refractivity contribution < 1.29 is 14.3 Å². The minimum atomic E-state index is -0.226. The monoisotopic (exact) mass is 352 g/mol. The van der Waals surface area contributed by atoms with Gasteiger partial charge in [0, 0.05) is 6.54 Å². The van der Waals surface area contributed by atoms with E-state index in [4.69, 9.17) is 9.47 Å². The molecule has 1 amide bonds. The molecule has 3 aromatic rings. The fraction of sp³-hybridized carbons (Fsp3) is 0.211. The zero-order valence-electron chi connectivity index (χ0n) is 14.7.